The highest BCUT2D eigenvalue weighted by Gasteiger charge is 2.17. The lowest BCUT2D eigenvalue weighted by Crippen LogP contribution is -2.50. The summed E-state index contributed by atoms with van der Waals surface area (Å²) in [5.41, 5.74) is 4.35. The van der Waals surface area contributed by atoms with Crippen LogP contribution in [0.2, 0.25) is 0 Å². The van der Waals surface area contributed by atoms with Crippen molar-refractivity contribution in [2.45, 2.75) is 19.9 Å². The summed E-state index contributed by atoms with van der Waals surface area (Å²) < 4.78 is 1.96. The Morgan fingerprint density at radius 1 is 0.967 bits per heavy atom. The van der Waals surface area contributed by atoms with Gasteiger partial charge in [0, 0.05) is 37.6 Å². The molecule has 0 aliphatic carbocycles. The fraction of sp³-hybridized carbons (Fsp3) is 0.333. The van der Waals surface area contributed by atoms with Crippen molar-refractivity contribution in [2.24, 2.45) is 0 Å². The third-order valence-corrected chi connectivity index (χ3v) is 5.54. The monoisotopic (exact) mass is 403 g/mol. The van der Waals surface area contributed by atoms with Crippen molar-refractivity contribution >= 4 is 11.6 Å². The molecule has 0 atom stereocenters. The van der Waals surface area contributed by atoms with Crippen molar-refractivity contribution in [3.05, 3.63) is 83.7 Å². The van der Waals surface area contributed by atoms with E-state index in [1.165, 1.54) is 11.3 Å². The number of carbonyl (C=O) groups excluding carboxylic acids is 1. The van der Waals surface area contributed by atoms with E-state index in [-0.39, 0.29) is 5.91 Å². The van der Waals surface area contributed by atoms with Gasteiger partial charge in [-0.25, -0.2) is 0 Å². The molecule has 6 heteroatoms. The van der Waals surface area contributed by atoms with Gasteiger partial charge in [0.05, 0.1) is 25.3 Å². The van der Waals surface area contributed by atoms with Crippen LogP contribution in [0.3, 0.4) is 0 Å². The van der Waals surface area contributed by atoms with Crippen LogP contribution in [0.25, 0.3) is 0 Å². The third kappa shape index (κ3) is 5.27. The lowest BCUT2D eigenvalue weighted by molar-refractivity contribution is -0.121. The van der Waals surface area contributed by atoms with Crippen molar-refractivity contribution in [2.75, 3.05) is 37.7 Å². The smallest absolute Gasteiger partial charge is 0.227 e. The van der Waals surface area contributed by atoms with Crippen LogP contribution in [0.4, 0.5) is 5.69 Å². The molecule has 6 nitrogen and oxygen atoms in total. The first kappa shape index (κ1) is 20.2. The van der Waals surface area contributed by atoms with Crippen LogP contribution in [0.15, 0.2) is 66.7 Å². The molecule has 3 aromatic rings. The first-order valence-corrected chi connectivity index (χ1v) is 10.5. The van der Waals surface area contributed by atoms with Gasteiger partial charge in [-0.15, -0.1) is 0 Å². The zero-order valence-electron chi connectivity index (χ0n) is 17.5. The molecule has 2 aromatic carbocycles. The Morgan fingerprint density at radius 3 is 2.33 bits per heavy atom. The predicted molar refractivity (Wildman–Crippen MR) is 119 cm³/mol. The molecule has 4 rings (SSSR count). The molecule has 2 heterocycles. The van der Waals surface area contributed by atoms with Gasteiger partial charge in [0.2, 0.25) is 5.91 Å². The van der Waals surface area contributed by atoms with E-state index in [0.717, 1.165) is 44.1 Å². The Kier molecular flexibility index (Phi) is 6.44. The van der Waals surface area contributed by atoms with Gasteiger partial charge in [-0.2, -0.15) is 5.10 Å². The van der Waals surface area contributed by atoms with E-state index in [1.54, 1.807) is 0 Å². The van der Waals surface area contributed by atoms with E-state index in [0.29, 0.717) is 13.1 Å². The minimum Gasteiger partial charge on any atom is -0.369 e. The number of aromatic nitrogens is 2. The number of piperazine rings is 1. The molecule has 30 heavy (non-hydrogen) atoms. The summed E-state index contributed by atoms with van der Waals surface area (Å²) in [7, 11) is 0. The number of rotatable bonds is 7. The number of aryl methyl sites for hydroxylation is 1. The Balaban J connectivity index is 1.22. The molecule has 1 N–H and O–H groups in total. The maximum atomic E-state index is 12.4. The first-order valence-electron chi connectivity index (χ1n) is 10.5. The number of benzene rings is 2. The summed E-state index contributed by atoms with van der Waals surface area (Å²) in [6, 6.07) is 22.7. The molecule has 1 aromatic heterocycles. The van der Waals surface area contributed by atoms with Crippen LogP contribution in [0.5, 0.6) is 0 Å². The number of amides is 1. The molecule has 1 aliphatic rings. The number of anilines is 1. The van der Waals surface area contributed by atoms with Crippen molar-refractivity contribution in [1.82, 2.24) is 20.0 Å². The minimum absolute atomic E-state index is 0.0184. The number of hydrogen-bond acceptors (Lipinski definition) is 4. The van der Waals surface area contributed by atoms with Gasteiger partial charge in [-0.05, 0) is 30.7 Å². The van der Waals surface area contributed by atoms with E-state index in [9.17, 15) is 4.79 Å². The zero-order valence-corrected chi connectivity index (χ0v) is 17.5. The second-order valence-electron chi connectivity index (χ2n) is 7.80. The molecule has 0 bridgehead atoms. The largest absolute Gasteiger partial charge is 0.369 e. The summed E-state index contributed by atoms with van der Waals surface area (Å²) in [6.07, 6.45) is 0.312. The number of nitrogens with zero attached hydrogens (tertiary/aromatic N) is 4. The molecule has 1 aliphatic heterocycles. The third-order valence-electron chi connectivity index (χ3n) is 5.54. The molecule has 0 saturated carbocycles. The molecular formula is C24H29N5O. The number of hydrogen-bond donors (Lipinski definition) is 1. The van der Waals surface area contributed by atoms with Crippen molar-refractivity contribution in [3.63, 3.8) is 0 Å². The normalized spacial score (nSPS) is 14.6. The molecule has 0 unspecified atom stereocenters. The van der Waals surface area contributed by atoms with Gasteiger partial charge in [-0.3, -0.25) is 14.4 Å². The van der Waals surface area contributed by atoms with Crippen molar-refractivity contribution < 1.29 is 4.79 Å². The van der Waals surface area contributed by atoms with Crippen molar-refractivity contribution in [3.8, 4) is 0 Å². The second kappa shape index (κ2) is 9.59. The van der Waals surface area contributed by atoms with E-state index in [1.807, 2.05) is 41.9 Å². The van der Waals surface area contributed by atoms with Gasteiger partial charge in [0.15, 0.2) is 0 Å². The quantitative estimate of drug-likeness (QED) is 0.659. The summed E-state index contributed by atoms with van der Waals surface area (Å²) in [4.78, 5) is 17.1. The lowest BCUT2D eigenvalue weighted by atomic mass is 10.2. The van der Waals surface area contributed by atoms with Gasteiger partial charge < -0.3 is 10.2 Å². The van der Waals surface area contributed by atoms with Gasteiger partial charge in [0.25, 0.3) is 0 Å². The van der Waals surface area contributed by atoms with Gasteiger partial charge in [-0.1, -0.05) is 48.5 Å². The van der Waals surface area contributed by atoms with Crippen LogP contribution in [-0.4, -0.2) is 53.4 Å². The van der Waals surface area contributed by atoms with Crippen LogP contribution < -0.4 is 10.2 Å². The topological polar surface area (TPSA) is 53.4 Å². The van der Waals surface area contributed by atoms with E-state index >= 15 is 0 Å². The maximum absolute atomic E-state index is 12.4. The average molecular weight is 404 g/mol. The average Bonchev–Trinajstić information content (AvgIpc) is 3.12. The highest BCUT2D eigenvalue weighted by Crippen LogP contribution is 2.15. The fourth-order valence-electron chi connectivity index (χ4n) is 3.81. The van der Waals surface area contributed by atoms with Crippen LogP contribution >= 0.6 is 0 Å². The van der Waals surface area contributed by atoms with E-state index in [2.05, 4.69) is 56.6 Å². The molecule has 0 radical (unpaired) electrons. The Labute approximate surface area is 178 Å². The molecule has 1 fully saturated rings. The van der Waals surface area contributed by atoms with Crippen LogP contribution in [0.1, 0.15) is 17.0 Å². The first-order chi connectivity index (χ1) is 14.7. The standard InChI is InChI=1S/C24H29N5O/c1-20-16-22(26-29(20)18-21-8-4-2-5-9-21)17-24(30)25-19-27-12-14-28(15-13-27)23-10-6-3-7-11-23/h2-11,16H,12-15,17-19H2,1H3,(H,25,30). The number of carbonyl (C=O) groups is 1. The molecule has 156 valence electrons. The predicted octanol–water partition coefficient (Wildman–Crippen LogP) is 2.68. The van der Waals surface area contributed by atoms with E-state index < -0.39 is 0 Å². The van der Waals surface area contributed by atoms with Crippen LogP contribution in [0, 0.1) is 6.92 Å². The second-order valence-corrected chi connectivity index (χ2v) is 7.80. The number of para-hydroxylation sites is 1. The summed E-state index contributed by atoms with van der Waals surface area (Å²) >= 11 is 0. The minimum atomic E-state index is 0.0184. The highest BCUT2D eigenvalue weighted by atomic mass is 16.1. The zero-order chi connectivity index (χ0) is 20.8. The van der Waals surface area contributed by atoms with Crippen molar-refractivity contribution in [1.29, 1.82) is 0 Å². The molecule has 0 spiro atoms. The Bertz CT molecular complexity index is 946. The van der Waals surface area contributed by atoms with Gasteiger partial charge >= 0.3 is 0 Å². The molecular weight excluding hydrogens is 374 g/mol. The number of nitrogens with one attached hydrogen (secondary N) is 1. The SMILES string of the molecule is Cc1cc(CC(=O)NCN2CCN(c3ccccc3)CC2)nn1Cc1ccccc1. The summed E-state index contributed by atoms with van der Waals surface area (Å²) in [5.74, 6) is 0.0184. The van der Waals surface area contributed by atoms with Gasteiger partial charge in [0.1, 0.15) is 0 Å². The molecule has 1 amide bonds. The van der Waals surface area contributed by atoms with E-state index in [4.69, 9.17) is 0 Å². The maximum Gasteiger partial charge on any atom is 0.227 e. The molecule has 1 saturated heterocycles. The lowest BCUT2D eigenvalue weighted by Gasteiger charge is -2.36. The Morgan fingerprint density at radius 2 is 1.63 bits per heavy atom. The summed E-state index contributed by atoms with van der Waals surface area (Å²) in [6.45, 7) is 7.18. The highest BCUT2D eigenvalue weighted by molar-refractivity contribution is 5.78. The summed E-state index contributed by atoms with van der Waals surface area (Å²) in [5, 5.41) is 7.67. The Hall–Kier alpha value is -3.12. The van der Waals surface area contributed by atoms with Crippen LogP contribution in [-0.2, 0) is 17.8 Å². The fourth-order valence-corrected chi connectivity index (χ4v) is 3.81.